The molecule has 6 heteroatoms. The number of carbonyl (C=O) groups is 1. The Morgan fingerprint density at radius 2 is 2.05 bits per heavy atom. The van der Waals surface area contributed by atoms with Crippen molar-refractivity contribution in [2.75, 3.05) is 20.7 Å². The molecule has 0 aromatic heterocycles. The molecule has 1 heterocycles. The highest BCUT2D eigenvalue weighted by molar-refractivity contribution is 7.89. The van der Waals surface area contributed by atoms with Crippen molar-refractivity contribution in [1.82, 2.24) is 4.31 Å². The van der Waals surface area contributed by atoms with E-state index in [0.29, 0.717) is 30.8 Å². The van der Waals surface area contributed by atoms with Gasteiger partial charge in [0.2, 0.25) is 10.0 Å². The Morgan fingerprint density at radius 1 is 1.33 bits per heavy atom. The number of sulfonamides is 1. The lowest BCUT2D eigenvalue weighted by molar-refractivity contribution is 0.0979. The van der Waals surface area contributed by atoms with E-state index in [-0.39, 0.29) is 10.7 Å². The highest BCUT2D eigenvalue weighted by atomic mass is 32.2. The fourth-order valence-corrected chi connectivity index (χ4v) is 3.40. The van der Waals surface area contributed by atoms with E-state index in [1.807, 2.05) is 6.92 Å². The summed E-state index contributed by atoms with van der Waals surface area (Å²) in [6, 6.07) is 3.23. The molecule has 116 valence electrons. The first-order valence-electron chi connectivity index (χ1n) is 7.13. The average molecular weight is 311 g/mol. The van der Waals surface area contributed by atoms with Crippen LogP contribution in [0, 0.1) is 0 Å². The smallest absolute Gasteiger partial charge is 0.246 e. The maximum absolute atomic E-state index is 12.4. The third kappa shape index (κ3) is 3.11. The number of benzene rings is 1. The highest BCUT2D eigenvalue weighted by Gasteiger charge is 2.29. The van der Waals surface area contributed by atoms with E-state index in [9.17, 15) is 13.2 Å². The topological polar surface area (TPSA) is 63.7 Å². The molecule has 1 aromatic carbocycles. The molecule has 0 unspecified atom stereocenters. The van der Waals surface area contributed by atoms with Crippen molar-refractivity contribution in [3.05, 3.63) is 23.3 Å². The number of fused-ring (bicyclic) bond motifs is 1. The average Bonchev–Trinajstić information content (AvgIpc) is 2.91. The van der Waals surface area contributed by atoms with Gasteiger partial charge in [-0.2, -0.15) is 0 Å². The SMILES string of the molecule is CCCCC(=O)c1cc2c(c(S(=O)(=O)N(C)C)c1)OCC2. The van der Waals surface area contributed by atoms with Gasteiger partial charge in [0.1, 0.15) is 10.6 Å². The van der Waals surface area contributed by atoms with Crippen LogP contribution in [0.2, 0.25) is 0 Å². The number of unbranched alkanes of at least 4 members (excludes halogenated alkanes) is 1. The Kier molecular flexibility index (Phi) is 4.68. The van der Waals surface area contributed by atoms with Gasteiger partial charge < -0.3 is 4.74 Å². The molecule has 5 nitrogen and oxygen atoms in total. The second kappa shape index (κ2) is 6.15. The molecule has 0 atom stereocenters. The summed E-state index contributed by atoms with van der Waals surface area (Å²) in [5.41, 5.74) is 1.27. The highest BCUT2D eigenvalue weighted by Crippen LogP contribution is 2.35. The van der Waals surface area contributed by atoms with Gasteiger partial charge in [0.15, 0.2) is 5.78 Å². The zero-order valence-corrected chi connectivity index (χ0v) is 13.5. The zero-order valence-electron chi connectivity index (χ0n) is 12.7. The van der Waals surface area contributed by atoms with Gasteiger partial charge in [-0.25, -0.2) is 12.7 Å². The van der Waals surface area contributed by atoms with Crippen LogP contribution >= 0.6 is 0 Å². The van der Waals surface area contributed by atoms with E-state index in [2.05, 4.69) is 0 Å². The van der Waals surface area contributed by atoms with Crippen molar-refractivity contribution >= 4 is 15.8 Å². The van der Waals surface area contributed by atoms with Crippen molar-refractivity contribution in [2.24, 2.45) is 0 Å². The maximum Gasteiger partial charge on any atom is 0.246 e. The number of nitrogens with zero attached hydrogens (tertiary/aromatic N) is 1. The van der Waals surface area contributed by atoms with Crippen LogP contribution in [0.3, 0.4) is 0 Å². The Labute approximate surface area is 126 Å². The Balaban J connectivity index is 2.50. The van der Waals surface area contributed by atoms with Crippen LogP contribution < -0.4 is 4.74 Å². The summed E-state index contributed by atoms with van der Waals surface area (Å²) < 4.78 is 31.4. The number of ketones is 1. The zero-order chi connectivity index (χ0) is 15.6. The minimum absolute atomic E-state index is 0.0123. The molecule has 0 amide bonds. The lowest BCUT2D eigenvalue weighted by atomic mass is 10.0. The van der Waals surface area contributed by atoms with Crippen LogP contribution in [0.1, 0.15) is 42.1 Å². The lowest BCUT2D eigenvalue weighted by Gasteiger charge is -2.15. The van der Waals surface area contributed by atoms with Crippen molar-refractivity contribution in [3.63, 3.8) is 0 Å². The van der Waals surface area contributed by atoms with Crippen LogP contribution in [-0.2, 0) is 16.4 Å². The summed E-state index contributed by atoms with van der Waals surface area (Å²) in [4.78, 5) is 12.3. The van der Waals surface area contributed by atoms with Gasteiger partial charge in [0.05, 0.1) is 6.61 Å². The van der Waals surface area contributed by atoms with Crippen LogP contribution in [-0.4, -0.2) is 39.2 Å². The van der Waals surface area contributed by atoms with Crippen molar-refractivity contribution in [3.8, 4) is 5.75 Å². The van der Waals surface area contributed by atoms with Crippen LogP contribution in [0.15, 0.2) is 17.0 Å². The number of hydrogen-bond acceptors (Lipinski definition) is 4. The minimum Gasteiger partial charge on any atom is -0.492 e. The number of rotatable bonds is 6. The van der Waals surface area contributed by atoms with Gasteiger partial charge in [-0.3, -0.25) is 4.79 Å². The minimum atomic E-state index is -3.62. The first-order valence-corrected chi connectivity index (χ1v) is 8.57. The molecule has 1 aliphatic heterocycles. The van der Waals surface area contributed by atoms with Gasteiger partial charge >= 0.3 is 0 Å². The summed E-state index contributed by atoms with van der Waals surface area (Å²) in [5.74, 6) is 0.387. The second-order valence-electron chi connectivity index (χ2n) is 5.38. The molecule has 0 fully saturated rings. The fourth-order valence-electron chi connectivity index (χ4n) is 2.30. The maximum atomic E-state index is 12.4. The van der Waals surface area contributed by atoms with Gasteiger partial charge in [-0.15, -0.1) is 0 Å². The summed E-state index contributed by atoms with van der Waals surface area (Å²) in [7, 11) is -0.674. The van der Waals surface area contributed by atoms with Gasteiger partial charge in [0, 0.05) is 32.5 Å². The molecule has 0 saturated heterocycles. The summed E-state index contributed by atoms with van der Waals surface area (Å²) >= 11 is 0. The van der Waals surface area contributed by atoms with Crippen LogP contribution in [0.25, 0.3) is 0 Å². The van der Waals surface area contributed by atoms with Gasteiger partial charge in [0.25, 0.3) is 0 Å². The Bertz CT molecular complexity index is 650. The van der Waals surface area contributed by atoms with E-state index in [4.69, 9.17) is 4.74 Å². The molecule has 0 N–H and O–H groups in total. The Hall–Kier alpha value is -1.40. The molecule has 0 spiro atoms. The van der Waals surface area contributed by atoms with E-state index in [1.165, 1.54) is 20.2 Å². The quantitative estimate of drug-likeness (QED) is 0.756. The predicted molar refractivity (Wildman–Crippen MR) is 80.4 cm³/mol. The third-order valence-electron chi connectivity index (χ3n) is 3.59. The molecule has 0 aliphatic carbocycles. The number of carbonyl (C=O) groups excluding carboxylic acids is 1. The normalized spacial score (nSPS) is 14.1. The lowest BCUT2D eigenvalue weighted by Crippen LogP contribution is -2.23. The van der Waals surface area contributed by atoms with Crippen LogP contribution in [0.5, 0.6) is 5.75 Å². The van der Waals surface area contributed by atoms with Gasteiger partial charge in [-0.1, -0.05) is 13.3 Å². The molecular weight excluding hydrogens is 290 g/mol. The molecule has 0 radical (unpaired) electrons. The first kappa shape index (κ1) is 16.0. The molecular formula is C15H21NO4S. The molecule has 2 rings (SSSR count). The largest absolute Gasteiger partial charge is 0.492 e. The van der Waals surface area contributed by atoms with Crippen molar-refractivity contribution < 1.29 is 17.9 Å². The third-order valence-corrected chi connectivity index (χ3v) is 5.41. The van der Waals surface area contributed by atoms with E-state index in [1.54, 1.807) is 6.07 Å². The fraction of sp³-hybridized carbons (Fsp3) is 0.533. The van der Waals surface area contributed by atoms with Crippen LogP contribution in [0.4, 0.5) is 0 Å². The molecule has 0 bridgehead atoms. The second-order valence-corrected chi connectivity index (χ2v) is 7.50. The summed E-state index contributed by atoms with van der Waals surface area (Å²) in [5, 5.41) is 0. The first-order chi connectivity index (χ1) is 9.87. The predicted octanol–water partition coefficient (Wildman–Crippen LogP) is 2.24. The molecule has 1 aromatic rings. The van der Waals surface area contributed by atoms with Crippen molar-refractivity contribution in [2.45, 2.75) is 37.5 Å². The number of Topliss-reactive ketones (excluding diaryl/α,β-unsaturated/α-hetero) is 1. The molecule has 21 heavy (non-hydrogen) atoms. The summed E-state index contributed by atoms with van der Waals surface area (Å²) in [6.45, 7) is 2.48. The monoisotopic (exact) mass is 311 g/mol. The van der Waals surface area contributed by atoms with E-state index in [0.717, 1.165) is 22.7 Å². The van der Waals surface area contributed by atoms with E-state index < -0.39 is 10.0 Å². The van der Waals surface area contributed by atoms with Crippen molar-refractivity contribution in [1.29, 1.82) is 0 Å². The summed E-state index contributed by atoms with van der Waals surface area (Å²) in [6.07, 6.45) is 2.82. The van der Waals surface area contributed by atoms with E-state index >= 15 is 0 Å². The number of hydrogen-bond donors (Lipinski definition) is 0. The van der Waals surface area contributed by atoms with Gasteiger partial charge in [-0.05, 0) is 24.1 Å². The number of ether oxygens (including phenoxy) is 1. The molecule has 1 aliphatic rings. The Morgan fingerprint density at radius 3 is 2.67 bits per heavy atom. The standard InChI is InChI=1S/C15H21NO4S/c1-4-5-6-13(17)12-9-11-7-8-20-15(11)14(10-12)21(18,19)16(2)3/h9-10H,4-8H2,1-3H3. The molecule has 0 saturated carbocycles.